The molecular weight excluding hydrogens is 230 g/mol. The molecule has 1 rings (SSSR count). The van der Waals surface area contributed by atoms with Crippen LogP contribution in [0, 0.1) is 5.41 Å². The molecule has 0 aromatic carbocycles. The third kappa shape index (κ3) is 5.04. The molecule has 5 heteroatoms. The number of hydrogen-bond acceptors (Lipinski definition) is 3. The summed E-state index contributed by atoms with van der Waals surface area (Å²) in [5.74, 6) is -0.0510. The van der Waals surface area contributed by atoms with Gasteiger partial charge in [-0.25, -0.2) is 0 Å². The van der Waals surface area contributed by atoms with Gasteiger partial charge in [0, 0.05) is 32.1 Å². The minimum absolute atomic E-state index is 0.00580. The van der Waals surface area contributed by atoms with Gasteiger partial charge in [0.05, 0.1) is 6.54 Å². The van der Waals surface area contributed by atoms with Gasteiger partial charge in [-0.15, -0.1) is 0 Å². The second kappa shape index (κ2) is 6.18. The van der Waals surface area contributed by atoms with E-state index in [4.69, 9.17) is 0 Å². The summed E-state index contributed by atoms with van der Waals surface area (Å²) in [6, 6.07) is 0.200. The molecule has 0 radical (unpaired) electrons. The second-order valence-electron chi connectivity index (χ2n) is 6.15. The number of amides is 2. The summed E-state index contributed by atoms with van der Waals surface area (Å²) in [6.07, 6.45) is 0.442. The highest BCUT2D eigenvalue weighted by atomic mass is 16.2. The molecule has 18 heavy (non-hydrogen) atoms. The third-order valence-corrected chi connectivity index (χ3v) is 2.95. The molecule has 1 aliphatic rings. The zero-order chi connectivity index (χ0) is 13.8. The predicted octanol–water partition coefficient (Wildman–Crippen LogP) is 0.359. The Morgan fingerprint density at radius 2 is 2.06 bits per heavy atom. The van der Waals surface area contributed by atoms with Crippen LogP contribution in [0.2, 0.25) is 0 Å². The van der Waals surface area contributed by atoms with Crippen LogP contribution in [0.25, 0.3) is 0 Å². The highest BCUT2D eigenvalue weighted by Crippen LogP contribution is 2.17. The molecule has 1 heterocycles. The minimum Gasteiger partial charge on any atom is -0.347 e. The van der Waals surface area contributed by atoms with Crippen LogP contribution < -0.4 is 10.6 Å². The standard InChI is InChI=1S/C13H25N3O2/c1-10-8-14-5-6-16(10)12(18)9-15-11(17)7-13(2,3)4/h10,14H,5-9H2,1-4H3,(H,15,17). The number of hydrogen-bond donors (Lipinski definition) is 2. The van der Waals surface area contributed by atoms with Gasteiger partial charge < -0.3 is 15.5 Å². The molecule has 1 unspecified atom stereocenters. The molecule has 0 saturated carbocycles. The number of nitrogens with one attached hydrogen (secondary N) is 2. The monoisotopic (exact) mass is 255 g/mol. The molecule has 104 valence electrons. The quantitative estimate of drug-likeness (QED) is 0.765. The van der Waals surface area contributed by atoms with Gasteiger partial charge in [0.1, 0.15) is 0 Å². The van der Waals surface area contributed by atoms with Crippen molar-refractivity contribution in [3.63, 3.8) is 0 Å². The first-order chi connectivity index (χ1) is 8.29. The maximum Gasteiger partial charge on any atom is 0.242 e. The smallest absolute Gasteiger partial charge is 0.242 e. The van der Waals surface area contributed by atoms with Crippen LogP contribution in [0.5, 0.6) is 0 Å². The minimum atomic E-state index is -0.0568. The van der Waals surface area contributed by atoms with Crippen LogP contribution in [-0.4, -0.2) is 48.9 Å². The van der Waals surface area contributed by atoms with E-state index in [2.05, 4.69) is 10.6 Å². The van der Waals surface area contributed by atoms with E-state index in [9.17, 15) is 9.59 Å². The predicted molar refractivity (Wildman–Crippen MR) is 71.1 cm³/mol. The van der Waals surface area contributed by atoms with Crippen molar-refractivity contribution in [1.82, 2.24) is 15.5 Å². The Labute approximate surface area is 109 Å². The highest BCUT2D eigenvalue weighted by Gasteiger charge is 2.23. The molecule has 0 spiro atoms. The molecule has 2 amide bonds. The van der Waals surface area contributed by atoms with Crippen molar-refractivity contribution in [2.24, 2.45) is 5.41 Å². The number of carbonyl (C=O) groups excluding carboxylic acids is 2. The Hall–Kier alpha value is -1.10. The lowest BCUT2D eigenvalue weighted by Crippen LogP contribution is -2.54. The lowest BCUT2D eigenvalue weighted by molar-refractivity contribution is -0.135. The first-order valence-electron chi connectivity index (χ1n) is 6.56. The number of piperazine rings is 1. The van der Waals surface area contributed by atoms with E-state index < -0.39 is 0 Å². The number of rotatable bonds is 3. The first kappa shape index (κ1) is 15.0. The Kier molecular flexibility index (Phi) is 5.14. The largest absolute Gasteiger partial charge is 0.347 e. The van der Waals surface area contributed by atoms with Crippen LogP contribution in [0.1, 0.15) is 34.1 Å². The Balaban J connectivity index is 2.34. The molecule has 1 atom stereocenters. The Bertz CT molecular complexity index is 310. The first-order valence-corrected chi connectivity index (χ1v) is 6.56. The average Bonchev–Trinajstić information content (AvgIpc) is 2.24. The van der Waals surface area contributed by atoms with Crippen LogP contribution in [0.4, 0.5) is 0 Å². The van der Waals surface area contributed by atoms with Crippen LogP contribution in [-0.2, 0) is 9.59 Å². The van der Waals surface area contributed by atoms with E-state index >= 15 is 0 Å². The van der Waals surface area contributed by atoms with E-state index in [1.165, 1.54) is 0 Å². The molecule has 2 N–H and O–H groups in total. The van der Waals surface area contributed by atoms with E-state index in [0.717, 1.165) is 19.6 Å². The fraction of sp³-hybridized carbons (Fsp3) is 0.846. The Morgan fingerprint density at radius 1 is 1.39 bits per heavy atom. The zero-order valence-electron chi connectivity index (χ0n) is 11.9. The van der Waals surface area contributed by atoms with Crippen LogP contribution in [0.15, 0.2) is 0 Å². The zero-order valence-corrected chi connectivity index (χ0v) is 11.9. The van der Waals surface area contributed by atoms with E-state index in [1.54, 1.807) is 0 Å². The molecule has 1 aliphatic heterocycles. The Morgan fingerprint density at radius 3 is 2.61 bits per heavy atom. The van der Waals surface area contributed by atoms with Gasteiger partial charge in [-0.1, -0.05) is 20.8 Å². The van der Waals surface area contributed by atoms with Gasteiger partial charge in [0.15, 0.2) is 0 Å². The SMILES string of the molecule is CC1CNCCN1C(=O)CNC(=O)CC(C)(C)C. The van der Waals surface area contributed by atoms with Crippen LogP contribution in [0.3, 0.4) is 0 Å². The average molecular weight is 255 g/mol. The molecule has 0 bridgehead atoms. The van der Waals surface area contributed by atoms with Crippen molar-refractivity contribution in [2.45, 2.75) is 40.2 Å². The van der Waals surface area contributed by atoms with Gasteiger partial charge in [0.25, 0.3) is 0 Å². The summed E-state index contributed by atoms with van der Waals surface area (Å²) < 4.78 is 0. The molecule has 0 aliphatic carbocycles. The molecule has 5 nitrogen and oxygen atoms in total. The van der Waals surface area contributed by atoms with Crippen molar-refractivity contribution >= 4 is 11.8 Å². The normalized spacial score (nSPS) is 20.7. The van der Waals surface area contributed by atoms with Gasteiger partial charge in [0.2, 0.25) is 11.8 Å². The summed E-state index contributed by atoms with van der Waals surface area (Å²) in [5.41, 5.74) is -0.0462. The summed E-state index contributed by atoms with van der Waals surface area (Å²) in [7, 11) is 0. The van der Waals surface area contributed by atoms with Crippen molar-refractivity contribution in [3.05, 3.63) is 0 Å². The summed E-state index contributed by atoms with van der Waals surface area (Å²) in [5, 5.41) is 5.94. The van der Waals surface area contributed by atoms with Gasteiger partial charge in [-0.3, -0.25) is 9.59 Å². The van der Waals surface area contributed by atoms with Gasteiger partial charge in [-0.05, 0) is 12.3 Å². The fourth-order valence-corrected chi connectivity index (χ4v) is 2.03. The fourth-order valence-electron chi connectivity index (χ4n) is 2.03. The lowest BCUT2D eigenvalue weighted by atomic mass is 9.92. The van der Waals surface area contributed by atoms with Gasteiger partial charge in [-0.2, -0.15) is 0 Å². The summed E-state index contributed by atoms with van der Waals surface area (Å²) in [4.78, 5) is 25.4. The van der Waals surface area contributed by atoms with E-state index in [0.29, 0.717) is 6.42 Å². The second-order valence-corrected chi connectivity index (χ2v) is 6.15. The topological polar surface area (TPSA) is 61.4 Å². The van der Waals surface area contributed by atoms with E-state index in [1.807, 2.05) is 32.6 Å². The summed E-state index contributed by atoms with van der Waals surface area (Å²) in [6.45, 7) is 10.5. The number of nitrogens with zero attached hydrogens (tertiary/aromatic N) is 1. The molecule has 1 saturated heterocycles. The molecule has 0 aromatic heterocycles. The maximum absolute atomic E-state index is 12.0. The van der Waals surface area contributed by atoms with Crippen molar-refractivity contribution in [3.8, 4) is 0 Å². The lowest BCUT2D eigenvalue weighted by Gasteiger charge is -2.34. The molecule has 1 fully saturated rings. The molecular formula is C13H25N3O2. The maximum atomic E-state index is 12.0. The van der Waals surface area contributed by atoms with Gasteiger partial charge >= 0.3 is 0 Å². The number of carbonyl (C=O) groups is 2. The van der Waals surface area contributed by atoms with Crippen molar-refractivity contribution in [2.75, 3.05) is 26.2 Å². The van der Waals surface area contributed by atoms with Crippen molar-refractivity contribution in [1.29, 1.82) is 0 Å². The highest BCUT2D eigenvalue weighted by molar-refractivity contribution is 5.85. The van der Waals surface area contributed by atoms with Crippen molar-refractivity contribution < 1.29 is 9.59 Å². The third-order valence-electron chi connectivity index (χ3n) is 2.95. The molecule has 0 aromatic rings. The summed E-state index contributed by atoms with van der Waals surface area (Å²) >= 11 is 0. The van der Waals surface area contributed by atoms with E-state index in [-0.39, 0.29) is 29.8 Å². The van der Waals surface area contributed by atoms with Crippen LogP contribution >= 0.6 is 0 Å².